The van der Waals surface area contributed by atoms with Gasteiger partial charge in [0.2, 0.25) is 5.91 Å². The van der Waals surface area contributed by atoms with Gasteiger partial charge in [0, 0.05) is 0 Å². The molecule has 1 N–H and O–H groups in total. The van der Waals surface area contributed by atoms with Crippen molar-refractivity contribution in [2.75, 3.05) is 13.2 Å². The smallest absolute Gasteiger partial charge is 0.268 e. The van der Waals surface area contributed by atoms with Crippen molar-refractivity contribution in [3.63, 3.8) is 0 Å². The SMILES string of the molecule is CC(NC(=O)Cn1sc2ccccc2c1=O)c1ccc2c(c1)OCCO2. The van der Waals surface area contributed by atoms with Gasteiger partial charge in [0.05, 0.1) is 16.1 Å². The number of rotatable bonds is 4. The Bertz CT molecular complexity index is 1020. The summed E-state index contributed by atoms with van der Waals surface area (Å²) in [6.07, 6.45) is 0. The van der Waals surface area contributed by atoms with Crippen LogP contribution >= 0.6 is 11.5 Å². The van der Waals surface area contributed by atoms with Gasteiger partial charge < -0.3 is 14.8 Å². The summed E-state index contributed by atoms with van der Waals surface area (Å²) in [6.45, 7) is 2.97. The van der Waals surface area contributed by atoms with Crippen LogP contribution in [0.25, 0.3) is 10.1 Å². The van der Waals surface area contributed by atoms with Crippen LogP contribution in [-0.4, -0.2) is 23.1 Å². The molecular formula is C19H18N2O4S. The third-order valence-electron chi connectivity index (χ3n) is 4.28. The van der Waals surface area contributed by atoms with Crippen LogP contribution in [0.1, 0.15) is 18.5 Å². The van der Waals surface area contributed by atoms with Crippen LogP contribution in [0, 0.1) is 0 Å². The maximum absolute atomic E-state index is 12.4. The second-order valence-corrected chi connectivity index (χ2v) is 7.18. The van der Waals surface area contributed by atoms with Gasteiger partial charge in [-0.25, -0.2) is 0 Å². The third-order valence-corrected chi connectivity index (χ3v) is 5.35. The minimum absolute atomic E-state index is 0.00702. The molecule has 134 valence electrons. The summed E-state index contributed by atoms with van der Waals surface area (Å²) in [4.78, 5) is 24.7. The maximum atomic E-state index is 12.4. The van der Waals surface area contributed by atoms with Crippen LogP contribution in [0.2, 0.25) is 0 Å². The van der Waals surface area contributed by atoms with E-state index in [0.29, 0.717) is 24.3 Å². The molecule has 26 heavy (non-hydrogen) atoms. The molecular weight excluding hydrogens is 352 g/mol. The van der Waals surface area contributed by atoms with Crippen molar-refractivity contribution in [2.45, 2.75) is 19.5 Å². The van der Waals surface area contributed by atoms with Crippen LogP contribution < -0.4 is 20.3 Å². The van der Waals surface area contributed by atoms with E-state index in [1.54, 1.807) is 6.07 Å². The van der Waals surface area contributed by atoms with E-state index in [1.165, 1.54) is 15.5 Å². The second-order valence-electron chi connectivity index (χ2n) is 6.12. The van der Waals surface area contributed by atoms with E-state index in [4.69, 9.17) is 9.47 Å². The fourth-order valence-electron chi connectivity index (χ4n) is 2.95. The maximum Gasteiger partial charge on any atom is 0.268 e. The topological polar surface area (TPSA) is 69.6 Å². The molecule has 2 heterocycles. The summed E-state index contributed by atoms with van der Waals surface area (Å²) >= 11 is 1.30. The number of amides is 1. The zero-order valence-electron chi connectivity index (χ0n) is 14.2. The summed E-state index contributed by atoms with van der Waals surface area (Å²) < 4.78 is 13.5. The molecule has 1 aliphatic heterocycles. The average Bonchev–Trinajstić information content (AvgIpc) is 2.97. The summed E-state index contributed by atoms with van der Waals surface area (Å²) in [5.41, 5.74) is 0.791. The first-order valence-electron chi connectivity index (χ1n) is 8.39. The van der Waals surface area contributed by atoms with E-state index in [-0.39, 0.29) is 24.1 Å². The lowest BCUT2D eigenvalue weighted by Gasteiger charge is -2.21. The minimum Gasteiger partial charge on any atom is -0.486 e. The molecule has 0 fully saturated rings. The number of nitrogens with one attached hydrogen (secondary N) is 1. The molecule has 4 rings (SSSR count). The number of ether oxygens (including phenoxy) is 2. The molecule has 7 heteroatoms. The lowest BCUT2D eigenvalue weighted by molar-refractivity contribution is -0.122. The number of aromatic nitrogens is 1. The number of carbonyl (C=O) groups excluding carboxylic acids is 1. The Morgan fingerprint density at radius 1 is 1.19 bits per heavy atom. The highest BCUT2D eigenvalue weighted by atomic mass is 32.1. The summed E-state index contributed by atoms with van der Waals surface area (Å²) in [7, 11) is 0. The average molecular weight is 370 g/mol. The minimum atomic E-state index is -0.207. The molecule has 3 aromatic rings. The molecule has 6 nitrogen and oxygen atoms in total. The highest BCUT2D eigenvalue weighted by Crippen LogP contribution is 2.32. The van der Waals surface area contributed by atoms with Gasteiger partial charge in [0.15, 0.2) is 11.5 Å². The first kappa shape index (κ1) is 16.7. The normalized spacial score (nSPS) is 14.2. The Morgan fingerprint density at radius 3 is 2.77 bits per heavy atom. The Hall–Kier alpha value is -2.80. The standard InChI is InChI=1S/C19H18N2O4S/c1-12(13-6-7-15-16(10-13)25-9-8-24-15)20-18(22)11-21-19(23)14-4-2-3-5-17(14)26-21/h2-7,10,12H,8-9,11H2,1H3,(H,20,22). The quantitative estimate of drug-likeness (QED) is 0.767. The van der Waals surface area contributed by atoms with Gasteiger partial charge in [-0.15, -0.1) is 0 Å². The number of hydrogen-bond acceptors (Lipinski definition) is 5. The van der Waals surface area contributed by atoms with E-state index in [9.17, 15) is 9.59 Å². The molecule has 1 amide bonds. The van der Waals surface area contributed by atoms with Gasteiger partial charge in [0.25, 0.3) is 5.56 Å². The van der Waals surface area contributed by atoms with Gasteiger partial charge in [0.1, 0.15) is 19.8 Å². The molecule has 0 radical (unpaired) electrons. The molecule has 0 bridgehead atoms. The summed E-state index contributed by atoms with van der Waals surface area (Å²) in [6, 6.07) is 12.8. The lowest BCUT2D eigenvalue weighted by Crippen LogP contribution is -2.32. The zero-order chi connectivity index (χ0) is 18.1. The van der Waals surface area contributed by atoms with E-state index >= 15 is 0 Å². The molecule has 0 spiro atoms. The number of fused-ring (bicyclic) bond motifs is 2. The molecule has 0 aliphatic carbocycles. The van der Waals surface area contributed by atoms with Gasteiger partial charge in [-0.3, -0.25) is 13.5 Å². The molecule has 2 aromatic carbocycles. The van der Waals surface area contributed by atoms with Crippen LogP contribution in [0.4, 0.5) is 0 Å². The Morgan fingerprint density at radius 2 is 1.96 bits per heavy atom. The van der Waals surface area contributed by atoms with Gasteiger partial charge >= 0.3 is 0 Å². The van der Waals surface area contributed by atoms with Crippen LogP contribution in [-0.2, 0) is 11.3 Å². The number of carbonyl (C=O) groups is 1. The van der Waals surface area contributed by atoms with Crippen molar-refractivity contribution >= 4 is 27.5 Å². The highest BCUT2D eigenvalue weighted by molar-refractivity contribution is 7.13. The van der Waals surface area contributed by atoms with Crippen molar-refractivity contribution in [1.82, 2.24) is 9.27 Å². The van der Waals surface area contributed by atoms with Crippen molar-refractivity contribution in [3.05, 3.63) is 58.4 Å². The monoisotopic (exact) mass is 370 g/mol. The molecule has 1 unspecified atom stereocenters. The second kappa shape index (κ2) is 6.84. The van der Waals surface area contributed by atoms with Gasteiger partial charge in [-0.2, -0.15) is 0 Å². The van der Waals surface area contributed by atoms with Crippen molar-refractivity contribution < 1.29 is 14.3 Å². The Balaban J connectivity index is 1.47. The van der Waals surface area contributed by atoms with Gasteiger partial charge in [-0.1, -0.05) is 29.7 Å². The Labute approximate surface area is 154 Å². The van der Waals surface area contributed by atoms with E-state index in [2.05, 4.69) is 5.32 Å². The van der Waals surface area contributed by atoms with Gasteiger partial charge in [-0.05, 0) is 36.8 Å². The molecule has 0 saturated carbocycles. The first-order chi connectivity index (χ1) is 12.6. The molecule has 1 aromatic heterocycles. The zero-order valence-corrected chi connectivity index (χ0v) is 15.0. The van der Waals surface area contributed by atoms with Crippen LogP contribution in [0.3, 0.4) is 0 Å². The molecule has 0 saturated heterocycles. The van der Waals surface area contributed by atoms with Crippen LogP contribution in [0.15, 0.2) is 47.3 Å². The summed E-state index contributed by atoms with van der Waals surface area (Å²) in [5.74, 6) is 1.20. The van der Waals surface area contributed by atoms with Crippen LogP contribution in [0.5, 0.6) is 11.5 Å². The fraction of sp³-hybridized carbons (Fsp3) is 0.263. The van der Waals surface area contributed by atoms with E-state index < -0.39 is 0 Å². The summed E-state index contributed by atoms with van der Waals surface area (Å²) in [5, 5.41) is 3.58. The van der Waals surface area contributed by atoms with Crippen molar-refractivity contribution in [1.29, 1.82) is 0 Å². The predicted octanol–water partition coefficient (Wildman–Crippen LogP) is 2.71. The number of nitrogens with zero attached hydrogens (tertiary/aromatic N) is 1. The molecule has 1 atom stereocenters. The molecule has 1 aliphatic rings. The van der Waals surface area contributed by atoms with Crippen molar-refractivity contribution in [2.24, 2.45) is 0 Å². The first-order valence-corrected chi connectivity index (χ1v) is 9.17. The van der Waals surface area contributed by atoms with E-state index in [0.717, 1.165) is 16.0 Å². The lowest BCUT2D eigenvalue weighted by atomic mass is 10.1. The largest absolute Gasteiger partial charge is 0.486 e. The number of benzene rings is 2. The predicted molar refractivity (Wildman–Crippen MR) is 100 cm³/mol. The fourth-order valence-corrected chi connectivity index (χ4v) is 3.95. The number of hydrogen-bond donors (Lipinski definition) is 1. The van der Waals surface area contributed by atoms with E-state index in [1.807, 2.05) is 43.3 Å². The van der Waals surface area contributed by atoms with Crippen molar-refractivity contribution in [3.8, 4) is 11.5 Å². The Kier molecular flexibility index (Phi) is 4.38. The highest BCUT2D eigenvalue weighted by Gasteiger charge is 2.17. The third kappa shape index (κ3) is 3.17.